The van der Waals surface area contributed by atoms with Gasteiger partial charge in [-0.3, -0.25) is 14.8 Å². The topological polar surface area (TPSA) is 64.1 Å². The van der Waals surface area contributed by atoms with E-state index in [1.54, 1.807) is 18.6 Å². The Labute approximate surface area is 97.5 Å². The van der Waals surface area contributed by atoms with E-state index in [1.807, 2.05) is 18.2 Å². The van der Waals surface area contributed by atoms with Gasteiger partial charge in [0.1, 0.15) is 5.75 Å². The largest absolute Gasteiger partial charge is 0.482 e. The fraction of sp³-hybridized carbons (Fsp3) is 0.0833. The van der Waals surface area contributed by atoms with Gasteiger partial charge in [0.15, 0.2) is 6.61 Å². The number of hydrogen-bond donors (Lipinski definition) is 1. The van der Waals surface area contributed by atoms with E-state index in [1.165, 1.54) is 0 Å². The zero-order valence-electron chi connectivity index (χ0n) is 8.88. The van der Waals surface area contributed by atoms with Crippen LogP contribution in [0.2, 0.25) is 0 Å². The summed E-state index contributed by atoms with van der Waals surface area (Å²) in [4.78, 5) is 19.4. The number of rotatable bonds is 1. The van der Waals surface area contributed by atoms with Crippen LogP contribution in [-0.4, -0.2) is 22.5 Å². The monoisotopic (exact) mass is 227 g/mol. The van der Waals surface area contributed by atoms with Crippen molar-refractivity contribution in [3.63, 3.8) is 0 Å². The molecule has 0 saturated carbocycles. The molecule has 0 saturated heterocycles. The van der Waals surface area contributed by atoms with E-state index in [0.717, 1.165) is 11.3 Å². The second-order valence-electron chi connectivity index (χ2n) is 3.64. The Balaban J connectivity index is 2.04. The number of carbonyl (C=O) groups is 1. The number of ether oxygens (including phenoxy) is 1. The Hall–Kier alpha value is -2.43. The molecule has 17 heavy (non-hydrogen) atoms. The molecule has 1 aromatic heterocycles. The van der Waals surface area contributed by atoms with Crippen molar-refractivity contribution in [1.29, 1.82) is 0 Å². The van der Waals surface area contributed by atoms with E-state index in [9.17, 15) is 4.79 Å². The summed E-state index contributed by atoms with van der Waals surface area (Å²) in [6.07, 6.45) is 4.92. The number of carbonyl (C=O) groups excluding carboxylic acids is 1. The normalized spacial score (nSPS) is 13.5. The lowest BCUT2D eigenvalue weighted by Gasteiger charge is -2.18. The van der Waals surface area contributed by atoms with Gasteiger partial charge in [-0.15, -0.1) is 0 Å². The number of aromatic nitrogens is 2. The van der Waals surface area contributed by atoms with Gasteiger partial charge in [-0.2, -0.15) is 0 Å². The average molecular weight is 227 g/mol. The lowest BCUT2D eigenvalue weighted by atomic mass is 10.1. The maximum atomic E-state index is 11.2. The summed E-state index contributed by atoms with van der Waals surface area (Å²) in [5, 5.41) is 2.76. The molecule has 1 amide bonds. The molecule has 1 N–H and O–H groups in total. The van der Waals surface area contributed by atoms with Crippen molar-refractivity contribution in [2.24, 2.45) is 0 Å². The predicted octanol–water partition coefficient (Wildman–Crippen LogP) is 1.47. The van der Waals surface area contributed by atoms with Crippen molar-refractivity contribution in [2.45, 2.75) is 0 Å². The van der Waals surface area contributed by atoms with Gasteiger partial charge in [-0.05, 0) is 18.2 Å². The van der Waals surface area contributed by atoms with E-state index >= 15 is 0 Å². The van der Waals surface area contributed by atoms with E-state index in [0.29, 0.717) is 11.4 Å². The number of hydrogen-bond acceptors (Lipinski definition) is 4. The van der Waals surface area contributed by atoms with Crippen LogP contribution in [0.25, 0.3) is 11.3 Å². The molecular formula is C12H9N3O2. The average Bonchev–Trinajstić information content (AvgIpc) is 2.39. The summed E-state index contributed by atoms with van der Waals surface area (Å²) in [5.41, 5.74) is 2.32. The van der Waals surface area contributed by atoms with Crippen LogP contribution in [0.1, 0.15) is 0 Å². The third kappa shape index (κ3) is 1.82. The molecule has 0 fully saturated rings. The van der Waals surface area contributed by atoms with Crippen LogP contribution in [0.4, 0.5) is 5.69 Å². The highest BCUT2D eigenvalue weighted by Gasteiger charge is 2.16. The standard InChI is InChI=1S/C12H9N3O2/c16-12-7-17-11-2-1-8(5-9(11)15-12)10-6-13-3-4-14-10/h1-6H,7H2,(H,15,16). The fourth-order valence-corrected chi connectivity index (χ4v) is 1.69. The van der Waals surface area contributed by atoms with Crippen molar-refractivity contribution in [1.82, 2.24) is 9.97 Å². The molecule has 2 aromatic rings. The molecule has 0 bridgehead atoms. The Morgan fingerprint density at radius 1 is 1.29 bits per heavy atom. The molecule has 2 heterocycles. The Morgan fingerprint density at radius 2 is 2.24 bits per heavy atom. The van der Waals surface area contributed by atoms with Crippen molar-refractivity contribution in [3.05, 3.63) is 36.8 Å². The van der Waals surface area contributed by atoms with Gasteiger partial charge >= 0.3 is 0 Å². The minimum absolute atomic E-state index is 0.0670. The molecule has 0 radical (unpaired) electrons. The maximum Gasteiger partial charge on any atom is 0.262 e. The van der Waals surface area contributed by atoms with Crippen molar-refractivity contribution in [3.8, 4) is 17.0 Å². The van der Waals surface area contributed by atoms with Crippen molar-refractivity contribution >= 4 is 11.6 Å². The van der Waals surface area contributed by atoms with Gasteiger partial charge in [-0.1, -0.05) is 0 Å². The molecule has 5 nitrogen and oxygen atoms in total. The summed E-state index contributed by atoms with van der Waals surface area (Å²) in [6, 6.07) is 5.54. The van der Waals surface area contributed by atoms with E-state index in [-0.39, 0.29) is 12.5 Å². The van der Waals surface area contributed by atoms with Crippen LogP contribution in [0.5, 0.6) is 5.75 Å². The van der Waals surface area contributed by atoms with Crippen LogP contribution in [0.15, 0.2) is 36.8 Å². The molecule has 1 aromatic carbocycles. The molecule has 1 aliphatic heterocycles. The number of nitrogens with one attached hydrogen (secondary N) is 1. The van der Waals surface area contributed by atoms with Crippen LogP contribution in [-0.2, 0) is 4.79 Å². The number of nitrogens with zero attached hydrogens (tertiary/aromatic N) is 2. The van der Waals surface area contributed by atoms with Gasteiger partial charge < -0.3 is 10.1 Å². The van der Waals surface area contributed by atoms with E-state index in [4.69, 9.17) is 4.74 Å². The summed E-state index contributed by atoms with van der Waals surface area (Å²) in [7, 11) is 0. The molecule has 5 heteroatoms. The smallest absolute Gasteiger partial charge is 0.262 e. The Kier molecular flexibility index (Phi) is 2.22. The summed E-state index contributed by atoms with van der Waals surface area (Å²) in [6.45, 7) is 0.0670. The van der Waals surface area contributed by atoms with Crippen LogP contribution >= 0.6 is 0 Å². The van der Waals surface area contributed by atoms with Crippen LogP contribution < -0.4 is 10.1 Å². The Morgan fingerprint density at radius 3 is 3.06 bits per heavy atom. The molecule has 84 valence electrons. The first-order valence-corrected chi connectivity index (χ1v) is 5.16. The second-order valence-corrected chi connectivity index (χ2v) is 3.64. The number of anilines is 1. The lowest BCUT2D eigenvalue weighted by Crippen LogP contribution is -2.25. The van der Waals surface area contributed by atoms with Gasteiger partial charge in [-0.25, -0.2) is 0 Å². The van der Waals surface area contributed by atoms with Crippen molar-refractivity contribution < 1.29 is 9.53 Å². The number of amides is 1. The minimum Gasteiger partial charge on any atom is -0.482 e. The molecule has 0 aliphatic carbocycles. The summed E-state index contributed by atoms with van der Waals surface area (Å²) in [5.74, 6) is 0.533. The molecule has 0 atom stereocenters. The lowest BCUT2D eigenvalue weighted by molar-refractivity contribution is -0.118. The third-order valence-electron chi connectivity index (χ3n) is 2.47. The van der Waals surface area contributed by atoms with E-state index in [2.05, 4.69) is 15.3 Å². The molecule has 0 unspecified atom stereocenters. The highest BCUT2D eigenvalue weighted by Crippen LogP contribution is 2.31. The van der Waals surface area contributed by atoms with Crippen LogP contribution in [0, 0.1) is 0 Å². The van der Waals surface area contributed by atoms with Gasteiger partial charge in [0.05, 0.1) is 17.6 Å². The van der Waals surface area contributed by atoms with Crippen LogP contribution in [0.3, 0.4) is 0 Å². The first kappa shape index (κ1) is 9.77. The van der Waals surface area contributed by atoms with Gasteiger partial charge in [0.25, 0.3) is 5.91 Å². The molecule has 3 rings (SSSR count). The summed E-state index contributed by atoms with van der Waals surface area (Å²) < 4.78 is 5.28. The Bertz CT molecular complexity index is 569. The fourth-order valence-electron chi connectivity index (χ4n) is 1.69. The maximum absolute atomic E-state index is 11.2. The second kappa shape index (κ2) is 3.86. The minimum atomic E-state index is -0.145. The highest BCUT2D eigenvalue weighted by atomic mass is 16.5. The van der Waals surface area contributed by atoms with Crippen molar-refractivity contribution in [2.75, 3.05) is 11.9 Å². The first-order valence-electron chi connectivity index (χ1n) is 5.16. The molecule has 0 spiro atoms. The first-order chi connectivity index (χ1) is 8.33. The third-order valence-corrected chi connectivity index (χ3v) is 2.47. The molecular weight excluding hydrogens is 218 g/mol. The quantitative estimate of drug-likeness (QED) is 0.801. The SMILES string of the molecule is O=C1COc2ccc(-c3cnccn3)cc2N1. The number of benzene rings is 1. The highest BCUT2D eigenvalue weighted by molar-refractivity contribution is 5.96. The zero-order chi connectivity index (χ0) is 11.7. The van der Waals surface area contributed by atoms with Gasteiger partial charge in [0.2, 0.25) is 0 Å². The number of fused-ring (bicyclic) bond motifs is 1. The van der Waals surface area contributed by atoms with Gasteiger partial charge in [0, 0.05) is 18.0 Å². The van der Waals surface area contributed by atoms with E-state index < -0.39 is 0 Å². The molecule has 1 aliphatic rings. The summed E-state index contributed by atoms with van der Waals surface area (Å²) >= 11 is 0. The predicted molar refractivity (Wildman–Crippen MR) is 61.6 cm³/mol. The zero-order valence-corrected chi connectivity index (χ0v) is 8.88.